The minimum atomic E-state index is -4.21. The van der Waals surface area contributed by atoms with Gasteiger partial charge >= 0.3 is 51.4 Å². The van der Waals surface area contributed by atoms with Gasteiger partial charge in [0, 0.05) is 0 Å². The molecule has 2 N–H and O–H groups in total. The van der Waals surface area contributed by atoms with Crippen LogP contribution in [-0.4, -0.2) is 18.3 Å². The number of nitrogens with two attached hydrogens (primary N) is 1. The van der Waals surface area contributed by atoms with Crippen molar-refractivity contribution in [3.63, 3.8) is 0 Å². The summed E-state index contributed by atoms with van der Waals surface area (Å²) in [5.41, 5.74) is 4.67. The first-order valence-electron chi connectivity index (χ1n) is 1.65. The van der Waals surface area contributed by atoms with E-state index in [1.807, 2.05) is 0 Å². The molecule has 44 valence electrons. The van der Waals surface area contributed by atoms with E-state index < -0.39 is 15.5 Å². The summed E-state index contributed by atoms with van der Waals surface area (Å²) in [5, 5.41) is -1.28. The van der Waals surface area contributed by atoms with Crippen molar-refractivity contribution in [1.82, 2.24) is 0 Å². The Kier molecular flexibility index (Phi) is 6.63. The Balaban J connectivity index is 0. The molecule has 0 aliphatic carbocycles. The molecule has 4 nitrogen and oxygen atoms in total. The second-order valence-electron chi connectivity index (χ2n) is 1.20. The molecule has 0 spiro atoms. The molecule has 0 radical (unpaired) electrons. The van der Waals surface area contributed by atoms with Gasteiger partial charge < -0.3 is 10.3 Å². The van der Waals surface area contributed by atoms with Crippen molar-refractivity contribution in [1.29, 1.82) is 0 Å². The minimum absolute atomic E-state index is 0. The van der Waals surface area contributed by atoms with Crippen LogP contribution in [0.5, 0.6) is 0 Å². The maximum Gasteiger partial charge on any atom is 1.00 e. The molecule has 6 heteroatoms. The zero-order chi connectivity index (χ0) is 6.08. The van der Waals surface area contributed by atoms with E-state index in [-0.39, 0.29) is 51.4 Å². The van der Waals surface area contributed by atoms with E-state index >= 15 is 0 Å². The van der Waals surface area contributed by atoms with E-state index in [0.717, 1.165) is 6.92 Å². The van der Waals surface area contributed by atoms with Crippen molar-refractivity contribution < 1.29 is 64.4 Å². The zero-order valence-electron chi connectivity index (χ0n) is 4.79. The van der Waals surface area contributed by atoms with Crippen LogP contribution < -0.4 is 57.1 Å². The molecule has 0 heterocycles. The molecule has 0 aromatic heterocycles. The van der Waals surface area contributed by atoms with Gasteiger partial charge in [0.15, 0.2) is 0 Å². The Bertz CT molecular complexity index is 139. The number of rotatable bonds is 1. The van der Waals surface area contributed by atoms with E-state index in [9.17, 15) is 13.0 Å². The fraction of sp³-hybridized carbons (Fsp3) is 1.00. The molecule has 0 saturated heterocycles. The predicted octanol–water partition coefficient (Wildman–Crippen LogP) is -4.16. The molecule has 1 unspecified atom stereocenters. The fourth-order valence-electron chi connectivity index (χ4n) is 0. The maximum absolute atomic E-state index is 9.65. The van der Waals surface area contributed by atoms with Crippen LogP contribution in [0, 0.1) is 0 Å². The fourth-order valence-corrected chi connectivity index (χ4v) is 0. The second kappa shape index (κ2) is 4.34. The molecule has 0 aliphatic rings. The van der Waals surface area contributed by atoms with E-state index in [0.29, 0.717) is 0 Å². The molecule has 0 saturated carbocycles. The Hall–Kier alpha value is 1.51. The van der Waals surface area contributed by atoms with E-state index in [2.05, 4.69) is 5.73 Å². The van der Waals surface area contributed by atoms with Crippen molar-refractivity contribution in [2.45, 2.75) is 12.3 Å². The summed E-state index contributed by atoms with van der Waals surface area (Å²) in [4.78, 5) is 0. The standard InChI is InChI=1S/C2H7NO3S.K/c1-2(3)7(4,5)6;/h2H,3H2,1H3,(H,4,5,6);/q;+1/p-1. The van der Waals surface area contributed by atoms with Crippen LogP contribution >= 0.6 is 0 Å². The van der Waals surface area contributed by atoms with Gasteiger partial charge in [0.1, 0.15) is 10.1 Å². The average Bonchev–Trinajstić information content (AvgIpc) is 1.31. The zero-order valence-corrected chi connectivity index (χ0v) is 8.73. The molecule has 0 aromatic carbocycles. The third kappa shape index (κ3) is 5.64. The van der Waals surface area contributed by atoms with Crippen molar-refractivity contribution >= 4 is 10.1 Å². The summed E-state index contributed by atoms with van der Waals surface area (Å²) in [5.74, 6) is 0. The molecule has 0 fully saturated rings. The summed E-state index contributed by atoms with van der Waals surface area (Å²) >= 11 is 0. The molecular weight excluding hydrogens is 157 g/mol. The van der Waals surface area contributed by atoms with Gasteiger partial charge in [-0.15, -0.1) is 0 Å². The molecule has 0 aromatic rings. The van der Waals surface area contributed by atoms with Gasteiger partial charge in [0.2, 0.25) is 0 Å². The van der Waals surface area contributed by atoms with E-state index in [1.165, 1.54) is 0 Å². The van der Waals surface area contributed by atoms with Crippen molar-refractivity contribution in [3.8, 4) is 0 Å². The van der Waals surface area contributed by atoms with Crippen LogP contribution in [0.25, 0.3) is 0 Å². The normalized spacial score (nSPS) is 14.4. The molecule has 0 aliphatic heterocycles. The summed E-state index contributed by atoms with van der Waals surface area (Å²) < 4.78 is 29.0. The summed E-state index contributed by atoms with van der Waals surface area (Å²) in [6.07, 6.45) is 0. The van der Waals surface area contributed by atoms with Gasteiger partial charge in [0.05, 0.1) is 5.37 Å². The van der Waals surface area contributed by atoms with Crippen LogP contribution in [0.2, 0.25) is 0 Å². The van der Waals surface area contributed by atoms with E-state index in [4.69, 9.17) is 0 Å². The minimum Gasteiger partial charge on any atom is -0.747 e. The maximum atomic E-state index is 9.65. The molecule has 1 atom stereocenters. The van der Waals surface area contributed by atoms with Gasteiger partial charge in [-0.05, 0) is 6.92 Å². The quantitative estimate of drug-likeness (QED) is 0.314. The number of hydrogen-bond donors (Lipinski definition) is 1. The van der Waals surface area contributed by atoms with Gasteiger partial charge in [-0.2, -0.15) is 0 Å². The Morgan fingerprint density at radius 1 is 1.62 bits per heavy atom. The molecule has 0 rings (SSSR count). The topological polar surface area (TPSA) is 83.2 Å². The number of hydrogen-bond acceptors (Lipinski definition) is 4. The Labute approximate surface area is 91.0 Å². The van der Waals surface area contributed by atoms with Crippen molar-refractivity contribution in [2.24, 2.45) is 5.73 Å². The van der Waals surface area contributed by atoms with Crippen LogP contribution in [0.3, 0.4) is 0 Å². The molecule has 0 amide bonds. The Morgan fingerprint density at radius 3 is 1.75 bits per heavy atom. The van der Waals surface area contributed by atoms with Gasteiger partial charge in [-0.1, -0.05) is 0 Å². The first-order valence-corrected chi connectivity index (χ1v) is 3.12. The summed E-state index contributed by atoms with van der Waals surface area (Å²) in [6, 6.07) is 0. The SMILES string of the molecule is CC(N)S(=O)(=O)[O-].[K+]. The predicted molar refractivity (Wildman–Crippen MR) is 23.3 cm³/mol. The molecule has 8 heavy (non-hydrogen) atoms. The monoisotopic (exact) mass is 163 g/mol. The van der Waals surface area contributed by atoms with Gasteiger partial charge in [-0.25, -0.2) is 8.42 Å². The van der Waals surface area contributed by atoms with Crippen LogP contribution in [0.15, 0.2) is 0 Å². The largest absolute Gasteiger partial charge is 1.00 e. The average molecular weight is 163 g/mol. The first kappa shape index (κ1) is 12.2. The van der Waals surface area contributed by atoms with Gasteiger partial charge in [-0.3, -0.25) is 0 Å². The van der Waals surface area contributed by atoms with E-state index in [1.54, 1.807) is 0 Å². The van der Waals surface area contributed by atoms with Crippen molar-refractivity contribution in [3.05, 3.63) is 0 Å². The second-order valence-corrected chi connectivity index (χ2v) is 2.93. The van der Waals surface area contributed by atoms with Crippen molar-refractivity contribution in [2.75, 3.05) is 0 Å². The van der Waals surface area contributed by atoms with Crippen LogP contribution in [0.4, 0.5) is 0 Å². The van der Waals surface area contributed by atoms with Crippen LogP contribution in [-0.2, 0) is 10.1 Å². The molecular formula is C2H6KNO3S. The smallest absolute Gasteiger partial charge is 0.747 e. The third-order valence-electron chi connectivity index (χ3n) is 0.455. The summed E-state index contributed by atoms with van der Waals surface area (Å²) in [7, 11) is -4.21. The first-order chi connectivity index (χ1) is 2.94. The Morgan fingerprint density at radius 2 is 1.75 bits per heavy atom. The molecule has 0 bridgehead atoms. The summed E-state index contributed by atoms with van der Waals surface area (Å²) in [6.45, 7) is 1.13. The van der Waals surface area contributed by atoms with Crippen LogP contribution in [0.1, 0.15) is 6.92 Å². The van der Waals surface area contributed by atoms with Gasteiger partial charge in [0.25, 0.3) is 0 Å². The third-order valence-corrected chi connectivity index (χ3v) is 1.37.